The van der Waals surface area contributed by atoms with Crippen molar-refractivity contribution in [3.05, 3.63) is 29.8 Å². The smallest absolute Gasteiger partial charge is 0.238 e. The molecule has 2 rings (SSSR count). The van der Waals surface area contributed by atoms with E-state index in [0.717, 1.165) is 25.2 Å². The van der Waals surface area contributed by atoms with Crippen LogP contribution in [0.15, 0.2) is 18.2 Å². The quantitative estimate of drug-likeness (QED) is 0.885. The Bertz CT molecular complexity index is 495. The highest BCUT2D eigenvalue weighted by Gasteiger charge is 2.24. The number of piperazine rings is 1. The van der Waals surface area contributed by atoms with Gasteiger partial charge in [0, 0.05) is 36.9 Å². The zero-order valence-corrected chi connectivity index (χ0v) is 11.6. The highest BCUT2D eigenvalue weighted by molar-refractivity contribution is 5.92. The number of hydrogen-bond acceptors (Lipinski definition) is 3. The van der Waals surface area contributed by atoms with Crippen LogP contribution >= 0.6 is 0 Å². The number of amides is 1. The Kier molecular flexibility index (Phi) is 4.67. The molecule has 0 saturated carbocycles. The lowest BCUT2D eigenvalue weighted by atomic mass is 10.1. The number of halogens is 2. The summed E-state index contributed by atoms with van der Waals surface area (Å²) < 4.78 is 25.9. The molecule has 1 fully saturated rings. The zero-order valence-electron chi connectivity index (χ0n) is 11.6. The molecule has 1 saturated heterocycles. The third-order valence-electron chi connectivity index (χ3n) is 3.44. The topological polar surface area (TPSA) is 44.4 Å². The van der Waals surface area contributed by atoms with Crippen LogP contribution in [0.2, 0.25) is 0 Å². The molecule has 1 aliphatic heterocycles. The highest BCUT2D eigenvalue weighted by Crippen LogP contribution is 2.13. The fourth-order valence-corrected chi connectivity index (χ4v) is 2.28. The summed E-state index contributed by atoms with van der Waals surface area (Å²) in [6, 6.07) is 3.93. The summed E-state index contributed by atoms with van der Waals surface area (Å²) in [6.07, 6.45) is 0. The summed E-state index contributed by atoms with van der Waals surface area (Å²) in [5, 5.41) is 5.92. The molecule has 2 unspecified atom stereocenters. The molecule has 2 N–H and O–H groups in total. The van der Waals surface area contributed by atoms with Gasteiger partial charge in [-0.15, -0.1) is 0 Å². The van der Waals surface area contributed by atoms with E-state index in [4.69, 9.17) is 0 Å². The molecule has 1 aliphatic rings. The van der Waals surface area contributed by atoms with Gasteiger partial charge < -0.3 is 10.6 Å². The van der Waals surface area contributed by atoms with Gasteiger partial charge in [-0.25, -0.2) is 8.78 Å². The number of carbonyl (C=O) groups is 1. The van der Waals surface area contributed by atoms with Gasteiger partial charge in [0.05, 0.1) is 6.54 Å². The Labute approximate surface area is 117 Å². The predicted molar refractivity (Wildman–Crippen MR) is 73.5 cm³/mol. The van der Waals surface area contributed by atoms with Gasteiger partial charge in [0.2, 0.25) is 5.91 Å². The third-order valence-corrected chi connectivity index (χ3v) is 3.44. The van der Waals surface area contributed by atoms with E-state index in [1.54, 1.807) is 0 Å². The van der Waals surface area contributed by atoms with E-state index in [9.17, 15) is 13.6 Å². The molecule has 20 heavy (non-hydrogen) atoms. The average molecular weight is 283 g/mol. The second-order valence-electron chi connectivity index (χ2n) is 5.26. The van der Waals surface area contributed by atoms with Crippen molar-refractivity contribution in [3.8, 4) is 0 Å². The highest BCUT2D eigenvalue weighted by atomic mass is 19.2. The minimum Gasteiger partial charge on any atom is -0.325 e. The molecule has 2 atom stereocenters. The Morgan fingerprint density at radius 3 is 2.85 bits per heavy atom. The van der Waals surface area contributed by atoms with Crippen molar-refractivity contribution in [2.75, 3.05) is 25.0 Å². The van der Waals surface area contributed by atoms with E-state index in [-0.39, 0.29) is 24.2 Å². The summed E-state index contributed by atoms with van der Waals surface area (Å²) in [4.78, 5) is 14.0. The molecule has 6 heteroatoms. The molecule has 0 bridgehead atoms. The minimum absolute atomic E-state index is 0.225. The normalized spacial score (nSPS) is 23.6. The van der Waals surface area contributed by atoms with Crippen molar-refractivity contribution in [2.45, 2.75) is 25.9 Å². The van der Waals surface area contributed by atoms with Crippen LogP contribution in [-0.4, -0.2) is 42.5 Å². The largest absolute Gasteiger partial charge is 0.325 e. The first-order valence-corrected chi connectivity index (χ1v) is 6.68. The molecule has 0 radical (unpaired) electrons. The molecule has 0 aliphatic carbocycles. The first kappa shape index (κ1) is 14.9. The van der Waals surface area contributed by atoms with E-state index in [0.29, 0.717) is 6.04 Å². The number of hydrogen-bond donors (Lipinski definition) is 2. The lowest BCUT2D eigenvalue weighted by Gasteiger charge is -2.36. The lowest BCUT2D eigenvalue weighted by molar-refractivity contribution is -0.118. The summed E-state index contributed by atoms with van der Waals surface area (Å²) in [7, 11) is 0. The van der Waals surface area contributed by atoms with Gasteiger partial charge in [-0.3, -0.25) is 9.69 Å². The number of nitrogens with zero attached hydrogens (tertiary/aromatic N) is 1. The number of anilines is 1. The first-order chi connectivity index (χ1) is 9.45. The fraction of sp³-hybridized carbons (Fsp3) is 0.500. The molecular weight excluding hydrogens is 264 g/mol. The first-order valence-electron chi connectivity index (χ1n) is 6.68. The molecule has 0 spiro atoms. The summed E-state index contributed by atoms with van der Waals surface area (Å²) in [5.74, 6) is -2.11. The van der Waals surface area contributed by atoms with Crippen molar-refractivity contribution in [3.63, 3.8) is 0 Å². The monoisotopic (exact) mass is 283 g/mol. The van der Waals surface area contributed by atoms with Gasteiger partial charge in [-0.2, -0.15) is 0 Å². The van der Waals surface area contributed by atoms with Crippen LogP contribution in [0.5, 0.6) is 0 Å². The van der Waals surface area contributed by atoms with E-state index < -0.39 is 11.6 Å². The van der Waals surface area contributed by atoms with Crippen LogP contribution in [0.3, 0.4) is 0 Å². The Balaban J connectivity index is 1.93. The van der Waals surface area contributed by atoms with Gasteiger partial charge >= 0.3 is 0 Å². The average Bonchev–Trinajstić information content (AvgIpc) is 2.38. The van der Waals surface area contributed by atoms with Crippen molar-refractivity contribution < 1.29 is 13.6 Å². The van der Waals surface area contributed by atoms with E-state index >= 15 is 0 Å². The molecule has 1 heterocycles. The van der Waals surface area contributed by atoms with E-state index in [1.807, 2.05) is 6.92 Å². The molecule has 4 nitrogen and oxygen atoms in total. The minimum atomic E-state index is -0.966. The van der Waals surface area contributed by atoms with E-state index in [1.165, 1.54) is 6.07 Å². The molecule has 1 aromatic carbocycles. The van der Waals surface area contributed by atoms with Crippen LogP contribution < -0.4 is 10.6 Å². The number of carbonyl (C=O) groups excluding carboxylic acids is 1. The molecule has 110 valence electrons. The SMILES string of the molecule is CC1CN(CC(=O)Nc2ccc(F)c(F)c2)C(C)CN1. The maximum atomic E-state index is 13.1. The van der Waals surface area contributed by atoms with Crippen molar-refractivity contribution in [2.24, 2.45) is 0 Å². The number of rotatable bonds is 3. The van der Waals surface area contributed by atoms with Crippen LogP contribution in [0.25, 0.3) is 0 Å². The van der Waals surface area contributed by atoms with Gasteiger partial charge in [0.25, 0.3) is 0 Å². The Hall–Kier alpha value is -1.53. The maximum Gasteiger partial charge on any atom is 0.238 e. The lowest BCUT2D eigenvalue weighted by Crippen LogP contribution is -2.55. The zero-order chi connectivity index (χ0) is 14.7. The second kappa shape index (κ2) is 6.28. The van der Waals surface area contributed by atoms with Crippen LogP contribution in [0.1, 0.15) is 13.8 Å². The molecular formula is C14H19F2N3O. The maximum absolute atomic E-state index is 13.1. The second-order valence-corrected chi connectivity index (χ2v) is 5.26. The van der Waals surface area contributed by atoms with Crippen molar-refractivity contribution in [1.29, 1.82) is 0 Å². The molecule has 1 aromatic rings. The summed E-state index contributed by atoms with van der Waals surface area (Å²) in [5.41, 5.74) is 0.268. The van der Waals surface area contributed by atoms with Gasteiger partial charge in [0.15, 0.2) is 11.6 Å². The van der Waals surface area contributed by atoms with Crippen LogP contribution in [-0.2, 0) is 4.79 Å². The van der Waals surface area contributed by atoms with Crippen LogP contribution in [0, 0.1) is 11.6 Å². The van der Waals surface area contributed by atoms with Crippen molar-refractivity contribution in [1.82, 2.24) is 10.2 Å². The summed E-state index contributed by atoms with van der Waals surface area (Å²) in [6.45, 7) is 5.97. The molecule has 0 aromatic heterocycles. The fourth-order valence-electron chi connectivity index (χ4n) is 2.28. The standard InChI is InChI=1S/C14H19F2N3O/c1-9-7-19(10(2)6-17-9)8-14(20)18-11-3-4-12(15)13(16)5-11/h3-5,9-10,17H,6-8H2,1-2H3,(H,18,20). The summed E-state index contributed by atoms with van der Waals surface area (Å²) >= 11 is 0. The molecule has 1 amide bonds. The van der Waals surface area contributed by atoms with Gasteiger partial charge in [-0.1, -0.05) is 0 Å². The third kappa shape index (κ3) is 3.74. The number of nitrogens with one attached hydrogen (secondary N) is 2. The Morgan fingerprint density at radius 2 is 2.15 bits per heavy atom. The van der Waals surface area contributed by atoms with Gasteiger partial charge in [-0.05, 0) is 26.0 Å². The van der Waals surface area contributed by atoms with E-state index in [2.05, 4.69) is 22.5 Å². The van der Waals surface area contributed by atoms with Crippen LogP contribution in [0.4, 0.5) is 14.5 Å². The number of benzene rings is 1. The van der Waals surface area contributed by atoms with Gasteiger partial charge in [0.1, 0.15) is 0 Å². The van der Waals surface area contributed by atoms with Crippen molar-refractivity contribution >= 4 is 11.6 Å². The Morgan fingerprint density at radius 1 is 1.40 bits per heavy atom. The predicted octanol–water partition coefficient (Wildman–Crippen LogP) is 1.59.